The van der Waals surface area contributed by atoms with Crippen LogP contribution in [0.25, 0.3) is 72.6 Å². The highest BCUT2D eigenvalue weighted by Crippen LogP contribution is 2.41. The Hall–Kier alpha value is -5.54. The number of aryl methyl sites for hydroxylation is 1. The summed E-state index contributed by atoms with van der Waals surface area (Å²) in [4.78, 5) is 10.1. The largest absolute Gasteiger partial charge is 0.309 e. The van der Waals surface area contributed by atoms with Crippen LogP contribution in [0, 0.1) is 0 Å². The SMILES string of the molecule is C1=CC(c2cc(-c3ccccc3)nc(-c3ccc(-n4c5ccc6c(c5c5c7ccccc7ccc54)C=CCC6)cc3)n2)=CCC1. The molecule has 0 atom stereocenters. The number of fused-ring (bicyclic) bond motifs is 7. The van der Waals surface area contributed by atoms with E-state index < -0.39 is 0 Å². The van der Waals surface area contributed by atoms with E-state index in [1.54, 1.807) is 0 Å². The molecular weight excluding hydrogens is 546 g/mol. The van der Waals surface area contributed by atoms with Crippen molar-refractivity contribution in [1.29, 1.82) is 0 Å². The van der Waals surface area contributed by atoms with Crippen LogP contribution in [0.4, 0.5) is 0 Å². The Balaban J connectivity index is 1.22. The van der Waals surface area contributed by atoms with Crippen LogP contribution in [-0.4, -0.2) is 14.5 Å². The van der Waals surface area contributed by atoms with E-state index in [2.05, 4.69) is 138 Å². The first-order chi connectivity index (χ1) is 22.3. The molecule has 2 aliphatic carbocycles. The molecule has 45 heavy (non-hydrogen) atoms. The molecule has 0 fully saturated rings. The van der Waals surface area contributed by atoms with E-state index in [0.717, 1.165) is 65.3 Å². The third kappa shape index (κ3) is 4.35. The third-order valence-corrected chi connectivity index (χ3v) is 9.29. The number of hydrogen-bond acceptors (Lipinski definition) is 2. The molecule has 9 rings (SSSR count). The van der Waals surface area contributed by atoms with Crippen molar-refractivity contribution in [3.63, 3.8) is 0 Å². The molecule has 2 aromatic heterocycles. The Kier molecular flexibility index (Phi) is 6.09. The van der Waals surface area contributed by atoms with Crippen LogP contribution in [0.5, 0.6) is 0 Å². The lowest BCUT2D eigenvalue weighted by Gasteiger charge is -2.14. The number of nitrogens with zero attached hydrogens (tertiary/aromatic N) is 3. The summed E-state index contributed by atoms with van der Waals surface area (Å²) in [6.07, 6.45) is 15.7. The average molecular weight is 578 g/mol. The van der Waals surface area contributed by atoms with Gasteiger partial charge in [0.15, 0.2) is 5.82 Å². The predicted molar refractivity (Wildman–Crippen MR) is 188 cm³/mol. The maximum atomic E-state index is 5.08. The second kappa shape index (κ2) is 10.6. The van der Waals surface area contributed by atoms with Crippen LogP contribution in [0.1, 0.15) is 36.1 Å². The zero-order chi connectivity index (χ0) is 29.7. The molecule has 0 bridgehead atoms. The first kappa shape index (κ1) is 25.9. The monoisotopic (exact) mass is 577 g/mol. The molecule has 3 heteroatoms. The van der Waals surface area contributed by atoms with Crippen molar-refractivity contribution in [2.75, 3.05) is 0 Å². The van der Waals surface area contributed by atoms with Gasteiger partial charge in [-0.05, 0) is 95.6 Å². The molecule has 7 aromatic rings. The molecule has 2 heterocycles. The van der Waals surface area contributed by atoms with Crippen LogP contribution < -0.4 is 0 Å². The van der Waals surface area contributed by atoms with Crippen molar-refractivity contribution in [2.45, 2.75) is 25.7 Å². The lowest BCUT2D eigenvalue weighted by molar-refractivity contribution is 0.989. The van der Waals surface area contributed by atoms with Gasteiger partial charge in [0.2, 0.25) is 0 Å². The van der Waals surface area contributed by atoms with Gasteiger partial charge in [-0.1, -0.05) is 97.1 Å². The highest BCUT2D eigenvalue weighted by atomic mass is 15.0. The number of aromatic nitrogens is 3. The fourth-order valence-corrected chi connectivity index (χ4v) is 7.11. The molecule has 0 N–H and O–H groups in total. The van der Waals surface area contributed by atoms with Gasteiger partial charge < -0.3 is 4.57 Å². The van der Waals surface area contributed by atoms with Gasteiger partial charge >= 0.3 is 0 Å². The molecule has 0 spiro atoms. The van der Waals surface area contributed by atoms with Gasteiger partial charge in [-0.25, -0.2) is 9.97 Å². The number of benzene rings is 5. The van der Waals surface area contributed by atoms with E-state index in [4.69, 9.17) is 9.97 Å². The zero-order valence-electron chi connectivity index (χ0n) is 24.9. The van der Waals surface area contributed by atoms with Crippen molar-refractivity contribution < 1.29 is 0 Å². The van der Waals surface area contributed by atoms with Gasteiger partial charge in [-0.15, -0.1) is 0 Å². The van der Waals surface area contributed by atoms with Gasteiger partial charge in [-0.3, -0.25) is 0 Å². The molecule has 5 aromatic carbocycles. The number of allylic oxidation sites excluding steroid dienone is 5. The number of hydrogen-bond donors (Lipinski definition) is 0. The highest BCUT2D eigenvalue weighted by Gasteiger charge is 2.20. The topological polar surface area (TPSA) is 30.7 Å². The lowest BCUT2D eigenvalue weighted by Crippen LogP contribution is -1.99. The van der Waals surface area contributed by atoms with Crippen LogP contribution in [0.3, 0.4) is 0 Å². The van der Waals surface area contributed by atoms with Gasteiger partial charge in [-0.2, -0.15) is 0 Å². The van der Waals surface area contributed by atoms with Crippen molar-refractivity contribution in [3.05, 3.63) is 150 Å². The molecule has 0 aliphatic heterocycles. The van der Waals surface area contributed by atoms with Crippen LogP contribution in [-0.2, 0) is 6.42 Å². The molecule has 214 valence electrons. The summed E-state index contributed by atoms with van der Waals surface area (Å²) in [5.41, 5.74) is 11.5. The summed E-state index contributed by atoms with van der Waals surface area (Å²) in [7, 11) is 0. The fourth-order valence-electron chi connectivity index (χ4n) is 7.11. The van der Waals surface area contributed by atoms with E-state index in [0.29, 0.717) is 0 Å². The van der Waals surface area contributed by atoms with Crippen molar-refractivity contribution >= 4 is 44.2 Å². The number of rotatable bonds is 4. The van der Waals surface area contributed by atoms with E-state index in [9.17, 15) is 0 Å². The summed E-state index contributed by atoms with van der Waals surface area (Å²) in [5.74, 6) is 0.741. The Morgan fingerprint density at radius 2 is 1.36 bits per heavy atom. The fraction of sp³-hybridized carbons (Fsp3) is 0.0952. The molecule has 0 saturated heterocycles. The Morgan fingerprint density at radius 1 is 0.578 bits per heavy atom. The Morgan fingerprint density at radius 3 is 2.22 bits per heavy atom. The summed E-state index contributed by atoms with van der Waals surface area (Å²) in [6.45, 7) is 0. The first-order valence-electron chi connectivity index (χ1n) is 15.9. The average Bonchev–Trinajstić information content (AvgIpc) is 3.48. The first-order valence-corrected chi connectivity index (χ1v) is 15.9. The highest BCUT2D eigenvalue weighted by molar-refractivity contribution is 6.23. The Labute approximate surface area is 262 Å². The van der Waals surface area contributed by atoms with Gasteiger partial charge in [0.1, 0.15) is 0 Å². The summed E-state index contributed by atoms with van der Waals surface area (Å²) >= 11 is 0. The lowest BCUT2D eigenvalue weighted by atomic mass is 9.92. The zero-order valence-corrected chi connectivity index (χ0v) is 24.9. The minimum atomic E-state index is 0.741. The van der Waals surface area contributed by atoms with E-state index in [1.807, 2.05) is 6.07 Å². The molecule has 3 nitrogen and oxygen atoms in total. The molecule has 0 amide bonds. The van der Waals surface area contributed by atoms with Crippen molar-refractivity contribution in [3.8, 4) is 28.3 Å². The van der Waals surface area contributed by atoms with Crippen molar-refractivity contribution in [2.24, 2.45) is 0 Å². The van der Waals surface area contributed by atoms with E-state index in [-0.39, 0.29) is 0 Å². The van der Waals surface area contributed by atoms with Gasteiger partial charge in [0.25, 0.3) is 0 Å². The molecule has 0 unspecified atom stereocenters. The maximum Gasteiger partial charge on any atom is 0.160 e. The second-order valence-electron chi connectivity index (χ2n) is 12.0. The predicted octanol–water partition coefficient (Wildman–Crippen LogP) is 10.8. The van der Waals surface area contributed by atoms with Gasteiger partial charge in [0.05, 0.1) is 22.4 Å². The van der Waals surface area contributed by atoms with Gasteiger partial charge in [0, 0.05) is 27.6 Å². The summed E-state index contributed by atoms with van der Waals surface area (Å²) in [6, 6.07) is 39.2. The Bertz CT molecular complexity index is 2350. The second-order valence-corrected chi connectivity index (χ2v) is 12.0. The third-order valence-electron chi connectivity index (χ3n) is 9.29. The van der Waals surface area contributed by atoms with Crippen LogP contribution in [0.2, 0.25) is 0 Å². The van der Waals surface area contributed by atoms with E-state index in [1.165, 1.54) is 43.7 Å². The normalized spacial score (nSPS) is 14.3. The molecule has 2 aliphatic rings. The minimum absolute atomic E-state index is 0.741. The molecular formula is C42H31N3. The maximum absolute atomic E-state index is 5.08. The molecule has 0 radical (unpaired) electrons. The smallest absolute Gasteiger partial charge is 0.160 e. The quantitative estimate of drug-likeness (QED) is 0.208. The van der Waals surface area contributed by atoms with Crippen LogP contribution >= 0.6 is 0 Å². The minimum Gasteiger partial charge on any atom is -0.309 e. The standard InChI is InChI=1S/C42H31N3/c1-3-13-30(14-4-1)36-27-37(31-15-5-2-6-16-31)44-42(43-36)32-19-23-33(24-20-32)45-38-25-21-28-11-7-9-17-34(28)40(38)41-35-18-10-8-12-29(35)22-26-39(41)45/h1,3-5,7,9-11,13-27H,2,6,8,12H2. The summed E-state index contributed by atoms with van der Waals surface area (Å²) < 4.78 is 2.42. The summed E-state index contributed by atoms with van der Waals surface area (Å²) in [5, 5.41) is 5.24. The van der Waals surface area contributed by atoms with E-state index >= 15 is 0 Å². The van der Waals surface area contributed by atoms with Crippen molar-refractivity contribution in [1.82, 2.24) is 14.5 Å². The molecule has 0 saturated carbocycles. The van der Waals surface area contributed by atoms with Crippen LogP contribution in [0.15, 0.2) is 133 Å².